The molecular weight excluding hydrogens is 450 g/mol. The van der Waals surface area contributed by atoms with E-state index in [1.54, 1.807) is 13.8 Å². The van der Waals surface area contributed by atoms with Gasteiger partial charge in [0.1, 0.15) is 6.04 Å². The molecule has 2 amide bonds. The molecule has 0 fully saturated rings. The number of hydrogen-bond acceptors (Lipinski definition) is 4. The molecule has 8 heteroatoms. The van der Waals surface area contributed by atoms with Gasteiger partial charge < -0.3 is 10.6 Å². The van der Waals surface area contributed by atoms with Crippen LogP contribution in [0.2, 0.25) is 0 Å². The van der Waals surface area contributed by atoms with Gasteiger partial charge in [0.05, 0.1) is 4.90 Å². The average Bonchev–Trinajstić information content (AvgIpc) is 2.83. The van der Waals surface area contributed by atoms with Crippen LogP contribution in [0.4, 0.5) is 5.69 Å². The maximum atomic E-state index is 13.1. The highest BCUT2D eigenvalue weighted by molar-refractivity contribution is 7.89. The minimum Gasteiger partial charge on any atom is -0.340 e. The molecule has 3 aromatic rings. The summed E-state index contributed by atoms with van der Waals surface area (Å²) in [4.78, 5) is 26.2. The van der Waals surface area contributed by atoms with Crippen molar-refractivity contribution in [2.75, 3.05) is 18.4 Å². The molecular formula is C26H31N3O4S. The summed E-state index contributed by atoms with van der Waals surface area (Å²) in [5.41, 5.74) is 0.840. The van der Waals surface area contributed by atoms with Gasteiger partial charge in [0.15, 0.2) is 0 Å². The van der Waals surface area contributed by atoms with Gasteiger partial charge in [-0.3, -0.25) is 9.59 Å². The molecule has 0 saturated heterocycles. The van der Waals surface area contributed by atoms with Crippen LogP contribution in [-0.2, 0) is 14.8 Å². The molecule has 0 aliphatic carbocycles. The van der Waals surface area contributed by atoms with Gasteiger partial charge in [0.25, 0.3) is 5.91 Å². The Morgan fingerprint density at radius 3 is 2.24 bits per heavy atom. The molecule has 3 aromatic carbocycles. The number of hydrogen-bond donors (Lipinski definition) is 2. The number of amides is 2. The van der Waals surface area contributed by atoms with Gasteiger partial charge in [-0.25, -0.2) is 8.42 Å². The number of sulfonamides is 1. The molecule has 34 heavy (non-hydrogen) atoms. The van der Waals surface area contributed by atoms with E-state index >= 15 is 0 Å². The van der Waals surface area contributed by atoms with E-state index in [0.29, 0.717) is 18.8 Å². The Balaban J connectivity index is 1.82. The predicted molar refractivity (Wildman–Crippen MR) is 135 cm³/mol. The van der Waals surface area contributed by atoms with E-state index in [4.69, 9.17) is 0 Å². The first-order valence-corrected chi connectivity index (χ1v) is 12.8. The van der Waals surface area contributed by atoms with Gasteiger partial charge in [0, 0.05) is 29.7 Å². The third-order valence-corrected chi connectivity index (χ3v) is 7.77. The molecule has 7 nitrogen and oxygen atoms in total. The van der Waals surface area contributed by atoms with Crippen molar-refractivity contribution < 1.29 is 18.0 Å². The van der Waals surface area contributed by atoms with Crippen LogP contribution in [0.15, 0.2) is 71.6 Å². The van der Waals surface area contributed by atoms with Crippen LogP contribution in [0.1, 0.15) is 38.1 Å². The van der Waals surface area contributed by atoms with Gasteiger partial charge in [0.2, 0.25) is 15.9 Å². The first-order chi connectivity index (χ1) is 16.2. The molecule has 0 heterocycles. The summed E-state index contributed by atoms with van der Waals surface area (Å²) in [6.07, 6.45) is 0. The summed E-state index contributed by atoms with van der Waals surface area (Å²) in [5.74, 6) is -1.04. The number of anilines is 1. The number of benzene rings is 3. The van der Waals surface area contributed by atoms with E-state index in [1.165, 1.54) is 28.6 Å². The number of carbonyl (C=O) groups is 2. The van der Waals surface area contributed by atoms with Crippen LogP contribution < -0.4 is 10.6 Å². The Morgan fingerprint density at radius 1 is 0.912 bits per heavy atom. The number of carbonyl (C=O) groups excluding carboxylic acids is 2. The van der Waals surface area contributed by atoms with Gasteiger partial charge >= 0.3 is 0 Å². The van der Waals surface area contributed by atoms with Gasteiger partial charge in [-0.15, -0.1) is 0 Å². The van der Waals surface area contributed by atoms with E-state index in [1.807, 2.05) is 56.3 Å². The standard InChI is InChI=1S/C26H31N3O4S/c1-5-29(6-2)34(32,33)21-14-9-13-20(17-21)25(30)28-24(18(3)4)26(31)27-23-16-10-12-19-11-7-8-15-22(19)23/h7-18,24H,5-6H2,1-4H3,(H,27,31)(H,28,30)/t24-/m0/s1. The zero-order chi connectivity index (χ0) is 24.9. The molecule has 0 aliphatic rings. The van der Waals surface area contributed by atoms with E-state index < -0.39 is 22.0 Å². The monoisotopic (exact) mass is 481 g/mol. The van der Waals surface area contributed by atoms with E-state index in [9.17, 15) is 18.0 Å². The average molecular weight is 482 g/mol. The van der Waals surface area contributed by atoms with Crippen molar-refractivity contribution in [2.24, 2.45) is 5.92 Å². The fourth-order valence-electron chi connectivity index (χ4n) is 3.81. The molecule has 0 aromatic heterocycles. The van der Waals surface area contributed by atoms with E-state index in [0.717, 1.165) is 10.8 Å². The lowest BCUT2D eigenvalue weighted by Crippen LogP contribution is -2.47. The number of nitrogens with zero attached hydrogens (tertiary/aromatic N) is 1. The van der Waals surface area contributed by atoms with Gasteiger partial charge in [-0.05, 0) is 35.6 Å². The normalized spacial score (nSPS) is 12.6. The molecule has 0 spiro atoms. The SMILES string of the molecule is CCN(CC)S(=O)(=O)c1cccc(C(=O)N[C@H](C(=O)Nc2cccc3ccccc23)C(C)C)c1. The Labute approximate surface area is 201 Å². The Hall–Kier alpha value is -3.23. The molecule has 0 unspecified atom stereocenters. The van der Waals surface area contributed by atoms with Gasteiger partial charge in [-0.1, -0.05) is 70.2 Å². The predicted octanol–water partition coefficient (Wildman–Crippen LogP) is 4.26. The Morgan fingerprint density at radius 2 is 1.56 bits per heavy atom. The second-order valence-corrected chi connectivity index (χ2v) is 10.3. The second kappa shape index (κ2) is 10.8. The molecule has 3 rings (SSSR count). The summed E-state index contributed by atoms with van der Waals surface area (Å²) in [6, 6.07) is 18.5. The van der Waals surface area contributed by atoms with Gasteiger partial charge in [-0.2, -0.15) is 4.31 Å². The Kier molecular flexibility index (Phi) is 8.06. The maximum Gasteiger partial charge on any atom is 0.251 e. The van der Waals surface area contributed by atoms with E-state index in [-0.39, 0.29) is 22.3 Å². The minimum absolute atomic E-state index is 0.0464. The molecule has 0 radical (unpaired) electrons. The lowest BCUT2D eigenvalue weighted by Gasteiger charge is -2.23. The van der Waals surface area contributed by atoms with Crippen LogP contribution >= 0.6 is 0 Å². The van der Waals surface area contributed by atoms with E-state index in [2.05, 4.69) is 10.6 Å². The number of nitrogens with one attached hydrogen (secondary N) is 2. The first kappa shape index (κ1) is 25.4. The van der Waals surface area contributed by atoms with Crippen molar-refractivity contribution >= 4 is 38.3 Å². The lowest BCUT2D eigenvalue weighted by atomic mass is 10.0. The van der Waals surface area contributed by atoms with Crippen molar-refractivity contribution in [1.29, 1.82) is 0 Å². The van der Waals surface area contributed by atoms with Crippen molar-refractivity contribution in [3.05, 3.63) is 72.3 Å². The van der Waals surface area contributed by atoms with Crippen molar-refractivity contribution in [2.45, 2.75) is 38.6 Å². The molecule has 180 valence electrons. The summed E-state index contributed by atoms with van der Waals surface area (Å²) in [5, 5.41) is 7.61. The summed E-state index contributed by atoms with van der Waals surface area (Å²) in [6.45, 7) is 7.88. The highest BCUT2D eigenvalue weighted by atomic mass is 32.2. The second-order valence-electron chi connectivity index (χ2n) is 8.33. The minimum atomic E-state index is -3.71. The summed E-state index contributed by atoms with van der Waals surface area (Å²) in [7, 11) is -3.71. The van der Waals surface area contributed by atoms with Crippen LogP contribution in [0.25, 0.3) is 10.8 Å². The quantitative estimate of drug-likeness (QED) is 0.477. The fraction of sp³-hybridized carbons (Fsp3) is 0.308. The highest BCUT2D eigenvalue weighted by Gasteiger charge is 2.27. The topological polar surface area (TPSA) is 95.6 Å². The molecule has 2 N–H and O–H groups in total. The zero-order valence-corrected chi connectivity index (χ0v) is 20.7. The Bertz CT molecular complexity index is 1280. The number of fused-ring (bicyclic) bond motifs is 1. The zero-order valence-electron chi connectivity index (χ0n) is 19.9. The van der Waals surface area contributed by atoms with Crippen molar-refractivity contribution in [3.63, 3.8) is 0 Å². The third kappa shape index (κ3) is 5.46. The molecule has 0 bridgehead atoms. The van der Waals surface area contributed by atoms with Crippen LogP contribution in [0, 0.1) is 5.92 Å². The molecule has 0 aliphatic heterocycles. The smallest absolute Gasteiger partial charge is 0.251 e. The largest absolute Gasteiger partial charge is 0.340 e. The highest BCUT2D eigenvalue weighted by Crippen LogP contribution is 2.24. The van der Waals surface area contributed by atoms with Crippen molar-refractivity contribution in [3.8, 4) is 0 Å². The van der Waals surface area contributed by atoms with Crippen molar-refractivity contribution in [1.82, 2.24) is 9.62 Å². The maximum absolute atomic E-state index is 13.1. The molecule has 1 atom stereocenters. The van der Waals surface area contributed by atoms with Crippen LogP contribution in [-0.4, -0.2) is 43.7 Å². The van der Waals surface area contributed by atoms with Crippen LogP contribution in [0.3, 0.4) is 0 Å². The lowest BCUT2D eigenvalue weighted by molar-refractivity contribution is -0.118. The third-order valence-electron chi connectivity index (χ3n) is 5.72. The fourth-order valence-corrected chi connectivity index (χ4v) is 5.32. The van der Waals surface area contributed by atoms with Crippen LogP contribution in [0.5, 0.6) is 0 Å². The summed E-state index contributed by atoms with van der Waals surface area (Å²) >= 11 is 0. The molecule has 0 saturated carbocycles. The first-order valence-electron chi connectivity index (χ1n) is 11.4. The summed E-state index contributed by atoms with van der Waals surface area (Å²) < 4.78 is 27.0. The number of rotatable bonds is 9.